The highest BCUT2D eigenvalue weighted by atomic mass is 19.1. The molecule has 9 heteroatoms. The molecule has 0 spiro atoms. The number of benzene rings is 1. The van der Waals surface area contributed by atoms with E-state index in [1.807, 2.05) is 6.92 Å². The first-order valence-corrected chi connectivity index (χ1v) is 11.8. The number of ether oxygens (including phenoxy) is 3. The normalized spacial score (nSPS) is 20.0. The Hall–Kier alpha value is -2.04. The Morgan fingerprint density at radius 1 is 1.24 bits per heavy atom. The summed E-state index contributed by atoms with van der Waals surface area (Å²) in [4.78, 5) is 4.32. The molecular weight excluding hydrogens is 429 g/mol. The van der Waals surface area contributed by atoms with Crippen LogP contribution in [0.4, 0.5) is 10.3 Å². The second-order valence-corrected chi connectivity index (χ2v) is 8.56. The molecule has 2 aromatic rings. The van der Waals surface area contributed by atoms with Gasteiger partial charge in [0.1, 0.15) is 11.5 Å². The van der Waals surface area contributed by atoms with Crippen molar-refractivity contribution in [3.63, 3.8) is 0 Å². The molecule has 0 amide bonds. The van der Waals surface area contributed by atoms with Gasteiger partial charge in [-0.1, -0.05) is 5.16 Å². The summed E-state index contributed by atoms with van der Waals surface area (Å²) >= 11 is 0. The highest BCUT2D eigenvalue weighted by Gasteiger charge is 2.28. The van der Waals surface area contributed by atoms with E-state index in [1.165, 1.54) is 12.1 Å². The van der Waals surface area contributed by atoms with E-state index in [0.717, 1.165) is 30.6 Å². The predicted molar refractivity (Wildman–Crippen MR) is 122 cm³/mol. The van der Waals surface area contributed by atoms with Gasteiger partial charge in [0.05, 0.1) is 37.6 Å². The maximum Gasteiger partial charge on any atom is 0.232 e. The predicted octanol–water partition coefficient (Wildman–Crippen LogP) is 2.70. The molecule has 2 fully saturated rings. The molecule has 0 unspecified atom stereocenters. The summed E-state index contributed by atoms with van der Waals surface area (Å²) in [6, 6.07) is 6.29. The molecule has 1 N–H and O–H groups in total. The monoisotopic (exact) mass is 463 g/mol. The van der Waals surface area contributed by atoms with Crippen molar-refractivity contribution in [2.24, 2.45) is 0 Å². The van der Waals surface area contributed by atoms with Crippen molar-refractivity contribution < 1.29 is 28.2 Å². The Kier molecular flexibility index (Phi) is 8.69. The van der Waals surface area contributed by atoms with Gasteiger partial charge in [-0.05, 0) is 44.0 Å². The number of halogens is 1. The number of hydrogen-bond acceptors (Lipinski definition) is 8. The van der Waals surface area contributed by atoms with Crippen LogP contribution in [-0.4, -0.2) is 86.6 Å². The van der Waals surface area contributed by atoms with Gasteiger partial charge in [-0.25, -0.2) is 4.39 Å². The summed E-state index contributed by atoms with van der Waals surface area (Å²) in [6.45, 7) is 7.85. The maximum atomic E-state index is 13.6. The summed E-state index contributed by atoms with van der Waals surface area (Å²) in [5, 5.41) is 15.0. The second-order valence-electron chi connectivity index (χ2n) is 8.56. The van der Waals surface area contributed by atoms with Crippen molar-refractivity contribution >= 4 is 5.88 Å². The molecule has 8 nitrogen and oxygen atoms in total. The van der Waals surface area contributed by atoms with Crippen LogP contribution in [0.1, 0.15) is 25.3 Å². The lowest BCUT2D eigenvalue weighted by atomic mass is 10.1. The van der Waals surface area contributed by atoms with E-state index in [4.69, 9.17) is 18.7 Å². The van der Waals surface area contributed by atoms with Crippen LogP contribution >= 0.6 is 0 Å². The Balaban J connectivity index is 1.61. The molecule has 3 heterocycles. The second kappa shape index (κ2) is 11.9. The molecule has 2 saturated heterocycles. The number of aliphatic hydroxyl groups is 1. The average Bonchev–Trinajstić information content (AvgIpc) is 3.49. The van der Waals surface area contributed by atoms with Gasteiger partial charge in [0.15, 0.2) is 0 Å². The number of morpholine rings is 1. The number of aromatic nitrogens is 1. The van der Waals surface area contributed by atoms with Gasteiger partial charge in [-0.2, -0.15) is 0 Å². The first-order chi connectivity index (χ1) is 16.1. The lowest BCUT2D eigenvalue weighted by Gasteiger charge is -2.30. The van der Waals surface area contributed by atoms with Gasteiger partial charge in [0.25, 0.3) is 0 Å². The lowest BCUT2D eigenvalue weighted by molar-refractivity contribution is 0.00517. The van der Waals surface area contributed by atoms with Crippen molar-refractivity contribution in [1.29, 1.82) is 0 Å². The minimum atomic E-state index is -0.618. The Morgan fingerprint density at radius 2 is 2.03 bits per heavy atom. The molecule has 1 aromatic heterocycles. The molecule has 0 radical (unpaired) electrons. The van der Waals surface area contributed by atoms with Crippen LogP contribution in [0.2, 0.25) is 0 Å². The molecule has 182 valence electrons. The third-order valence-electron chi connectivity index (χ3n) is 6.03. The molecule has 2 aliphatic heterocycles. The van der Waals surface area contributed by atoms with E-state index in [1.54, 1.807) is 12.1 Å². The minimum absolute atomic E-state index is 0.130. The largest absolute Gasteiger partial charge is 0.389 e. The number of hydrogen-bond donors (Lipinski definition) is 1. The van der Waals surface area contributed by atoms with Crippen LogP contribution in [0.3, 0.4) is 0 Å². The number of rotatable bonds is 11. The third kappa shape index (κ3) is 6.51. The zero-order valence-corrected chi connectivity index (χ0v) is 19.2. The van der Waals surface area contributed by atoms with E-state index < -0.39 is 6.10 Å². The minimum Gasteiger partial charge on any atom is -0.389 e. The number of nitrogens with zero attached hydrogens (tertiary/aromatic N) is 3. The molecule has 0 aliphatic carbocycles. The zero-order chi connectivity index (χ0) is 23.0. The smallest absolute Gasteiger partial charge is 0.232 e. The van der Waals surface area contributed by atoms with Crippen molar-refractivity contribution in [2.75, 3.05) is 64.1 Å². The third-order valence-corrected chi connectivity index (χ3v) is 6.03. The topological polar surface area (TPSA) is 80.4 Å². The standard InChI is InChI=1S/C24H34FN3O5/c1-2-30-17-20(29)14-27(15-21-4-3-11-32-21)16-22-23(18-5-7-19(25)8-6-18)26-33-24(22)28-9-12-31-13-10-28/h5-8,20-21,29H,2-4,9-17H2,1H3/t20-,21+/m0/s1. The van der Waals surface area contributed by atoms with Gasteiger partial charge >= 0.3 is 0 Å². The summed E-state index contributed by atoms with van der Waals surface area (Å²) in [7, 11) is 0. The fourth-order valence-corrected chi connectivity index (χ4v) is 4.40. The van der Waals surface area contributed by atoms with Crippen LogP contribution in [0.5, 0.6) is 0 Å². The van der Waals surface area contributed by atoms with Crippen molar-refractivity contribution in [2.45, 2.75) is 38.5 Å². The molecule has 2 aliphatic rings. The molecule has 33 heavy (non-hydrogen) atoms. The van der Waals surface area contributed by atoms with Gasteiger partial charge in [-0.3, -0.25) is 4.90 Å². The fraction of sp³-hybridized carbons (Fsp3) is 0.625. The quantitative estimate of drug-likeness (QED) is 0.545. The van der Waals surface area contributed by atoms with Gasteiger partial charge in [0.2, 0.25) is 5.88 Å². The summed E-state index contributed by atoms with van der Waals surface area (Å²) < 4.78 is 36.2. The zero-order valence-electron chi connectivity index (χ0n) is 19.2. The highest BCUT2D eigenvalue weighted by molar-refractivity contribution is 5.68. The Labute approximate surface area is 194 Å². The SMILES string of the molecule is CCOC[C@@H](O)CN(Cc1c(-c2ccc(F)cc2)noc1N1CCOCC1)C[C@H]1CCCO1. The lowest BCUT2D eigenvalue weighted by Crippen LogP contribution is -2.40. The summed E-state index contributed by atoms with van der Waals surface area (Å²) in [5.41, 5.74) is 2.40. The number of aliphatic hydroxyl groups excluding tert-OH is 1. The van der Waals surface area contributed by atoms with Crippen LogP contribution in [-0.2, 0) is 20.8 Å². The molecule has 4 rings (SSSR count). The first kappa shape index (κ1) is 24.1. The molecule has 0 saturated carbocycles. The van der Waals surface area contributed by atoms with Gasteiger partial charge in [0, 0.05) is 51.5 Å². The fourth-order valence-electron chi connectivity index (χ4n) is 4.40. The van der Waals surface area contributed by atoms with Crippen LogP contribution in [0, 0.1) is 5.82 Å². The maximum absolute atomic E-state index is 13.6. The van der Waals surface area contributed by atoms with E-state index in [2.05, 4.69) is 15.0 Å². The van der Waals surface area contributed by atoms with E-state index in [9.17, 15) is 9.50 Å². The van der Waals surface area contributed by atoms with Crippen LogP contribution < -0.4 is 4.90 Å². The van der Waals surface area contributed by atoms with Crippen molar-refractivity contribution in [1.82, 2.24) is 10.1 Å². The van der Waals surface area contributed by atoms with Crippen molar-refractivity contribution in [3.8, 4) is 11.3 Å². The Bertz CT molecular complexity index is 850. The van der Waals surface area contributed by atoms with E-state index in [0.29, 0.717) is 64.1 Å². The van der Waals surface area contributed by atoms with Crippen molar-refractivity contribution in [3.05, 3.63) is 35.6 Å². The average molecular weight is 464 g/mol. The van der Waals surface area contributed by atoms with Crippen LogP contribution in [0.15, 0.2) is 28.8 Å². The van der Waals surface area contributed by atoms with Gasteiger partial charge < -0.3 is 28.7 Å². The summed E-state index contributed by atoms with van der Waals surface area (Å²) in [5.74, 6) is 0.408. The molecular formula is C24H34FN3O5. The van der Waals surface area contributed by atoms with E-state index >= 15 is 0 Å². The summed E-state index contributed by atoms with van der Waals surface area (Å²) in [6.07, 6.45) is 1.56. The van der Waals surface area contributed by atoms with Gasteiger partial charge in [-0.15, -0.1) is 0 Å². The van der Waals surface area contributed by atoms with Crippen LogP contribution in [0.25, 0.3) is 11.3 Å². The molecule has 0 bridgehead atoms. The van der Waals surface area contributed by atoms with E-state index in [-0.39, 0.29) is 18.5 Å². The number of anilines is 1. The first-order valence-electron chi connectivity index (χ1n) is 11.8. The highest BCUT2D eigenvalue weighted by Crippen LogP contribution is 2.33. The molecule has 2 atom stereocenters. The molecule has 1 aromatic carbocycles. The Morgan fingerprint density at radius 3 is 2.73 bits per heavy atom.